The van der Waals surface area contributed by atoms with Crippen molar-refractivity contribution in [3.8, 4) is 0 Å². The van der Waals surface area contributed by atoms with Gasteiger partial charge in [0.2, 0.25) is 5.91 Å². The third-order valence-electron chi connectivity index (χ3n) is 2.73. The van der Waals surface area contributed by atoms with Gasteiger partial charge in [-0.2, -0.15) is 0 Å². The Morgan fingerprint density at radius 2 is 1.38 bits per heavy atom. The quantitative estimate of drug-likeness (QED) is 0.362. The maximum atomic E-state index is 11.2. The minimum atomic E-state index is -0.925. The first-order valence-electron chi connectivity index (χ1n) is 5.10. The van der Waals surface area contributed by atoms with Crippen molar-refractivity contribution >= 4 is 11.9 Å². The number of rotatable bonds is 3. The predicted molar refractivity (Wildman–Crippen MR) is 51.9 cm³/mol. The Morgan fingerprint density at radius 3 is 1.67 bits per heavy atom. The topological polar surface area (TPSA) is 57.6 Å². The van der Waals surface area contributed by atoms with Gasteiger partial charge in [0, 0.05) is 13.0 Å². The fourth-order valence-corrected chi connectivity index (χ4v) is 2.04. The Kier molecular flexibility index (Phi) is 48.0. The minimum absolute atomic E-state index is 0. The van der Waals surface area contributed by atoms with E-state index in [-0.39, 0.29) is 120 Å². The molecule has 1 fully saturated rings. The van der Waals surface area contributed by atoms with E-state index in [1.54, 1.807) is 0 Å². The molecule has 0 aromatic rings. The number of aliphatic carboxylic acids is 1. The molecule has 0 atom stereocenters. The van der Waals surface area contributed by atoms with Crippen molar-refractivity contribution in [3.63, 3.8) is 0 Å². The van der Waals surface area contributed by atoms with Crippen LogP contribution in [0.4, 0.5) is 0 Å². The van der Waals surface area contributed by atoms with Crippen LogP contribution in [0.25, 0.3) is 0 Å². The molecule has 21 heavy (non-hydrogen) atoms. The van der Waals surface area contributed by atoms with Crippen LogP contribution in [0.5, 0.6) is 0 Å². The molecule has 4 nitrogen and oxygen atoms in total. The number of amides is 1. The van der Waals surface area contributed by atoms with Crippen LogP contribution in [0.2, 0.25) is 0 Å². The van der Waals surface area contributed by atoms with Gasteiger partial charge in [0.25, 0.3) is 0 Å². The summed E-state index contributed by atoms with van der Waals surface area (Å²) < 4.78 is 0. The van der Waals surface area contributed by atoms with Crippen molar-refractivity contribution in [2.75, 3.05) is 6.54 Å². The molecular weight excluding hydrogens is 407 g/mol. The summed E-state index contributed by atoms with van der Waals surface area (Å²) in [6.07, 6.45) is 5.32. The van der Waals surface area contributed by atoms with Crippen molar-refractivity contribution in [2.24, 2.45) is 0 Å². The van der Waals surface area contributed by atoms with Gasteiger partial charge < -0.3 is 33.5 Å². The third-order valence-corrected chi connectivity index (χ3v) is 2.73. The first kappa shape index (κ1) is 43.2. The molecule has 0 aromatic heterocycles. The van der Waals surface area contributed by atoms with Crippen LogP contribution in [0.3, 0.4) is 0 Å². The van der Waals surface area contributed by atoms with Gasteiger partial charge in [-0.1, -0.05) is 19.3 Å². The Labute approximate surface area is 182 Å². The van der Waals surface area contributed by atoms with Crippen molar-refractivity contribution < 1.29 is 116 Å². The first-order valence-corrected chi connectivity index (χ1v) is 5.10. The Balaban J connectivity index is -0.0000000560. The molecule has 0 spiro atoms. The van der Waals surface area contributed by atoms with Crippen LogP contribution < -0.4 is 74.9 Å². The van der Waals surface area contributed by atoms with Crippen LogP contribution in [-0.4, -0.2) is 34.5 Å². The Morgan fingerprint density at radius 1 is 1.00 bits per heavy atom. The number of hydrogen-bond donors (Lipinski definition) is 1. The van der Waals surface area contributed by atoms with Crippen LogP contribution in [-0.2, 0) is 35.8 Å². The van der Waals surface area contributed by atoms with Crippen molar-refractivity contribution in [1.29, 1.82) is 0 Å². The fourth-order valence-electron chi connectivity index (χ4n) is 2.04. The molecule has 1 amide bonds. The molecule has 0 aromatic carbocycles. The summed E-state index contributed by atoms with van der Waals surface area (Å²) in [5.74, 6) is -1.05. The number of carbonyl (C=O) groups is 2. The maximum Gasteiger partial charge on any atom is 4.00 e. The van der Waals surface area contributed by atoms with Crippen molar-refractivity contribution in [3.05, 3.63) is 0 Å². The molecule has 1 aliphatic carbocycles. The fraction of sp³-hybridized carbons (Fsp3) is 0.800. The predicted octanol–water partition coefficient (Wildman–Crippen LogP) is -16.7. The molecule has 0 radical (unpaired) electrons. The average molecular weight is 425 g/mol. The molecule has 0 unspecified atom stereocenters. The molecular formula is C10H17F5KNO3Zr. The second-order valence-electron chi connectivity index (χ2n) is 3.83. The molecule has 1 saturated carbocycles. The van der Waals surface area contributed by atoms with Gasteiger partial charge in [0.05, 0.1) is 0 Å². The zero-order chi connectivity index (χ0) is 10.6. The van der Waals surface area contributed by atoms with Gasteiger partial charge in [0.15, 0.2) is 0 Å². The van der Waals surface area contributed by atoms with Crippen LogP contribution in [0, 0.1) is 0 Å². The average Bonchev–Trinajstić information content (AvgIpc) is 2.15. The zero-order valence-corrected chi connectivity index (χ0v) is 17.5. The second kappa shape index (κ2) is 23.4. The van der Waals surface area contributed by atoms with Gasteiger partial charge in [-0.15, -0.1) is 0 Å². The van der Waals surface area contributed by atoms with Gasteiger partial charge in [-0.05, 0) is 12.8 Å². The zero-order valence-electron chi connectivity index (χ0n) is 11.9. The number of carbonyl (C=O) groups excluding carboxylic acids is 1. The van der Waals surface area contributed by atoms with E-state index in [9.17, 15) is 9.59 Å². The van der Waals surface area contributed by atoms with E-state index >= 15 is 0 Å². The van der Waals surface area contributed by atoms with Gasteiger partial charge in [-0.3, -0.25) is 9.59 Å². The Hall–Kier alpha value is 1.11. The molecule has 0 heterocycles. The van der Waals surface area contributed by atoms with Crippen LogP contribution in [0.1, 0.15) is 39.0 Å². The van der Waals surface area contributed by atoms with Crippen molar-refractivity contribution in [2.45, 2.75) is 45.1 Å². The van der Waals surface area contributed by atoms with Gasteiger partial charge in [-0.25, -0.2) is 0 Å². The number of carboxylic acids is 1. The number of hydrogen-bond acceptors (Lipinski definition) is 2. The maximum absolute atomic E-state index is 11.2. The number of carboxylic acid groups (broad SMARTS) is 1. The summed E-state index contributed by atoms with van der Waals surface area (Å²) in [5, 5.41) is 8.67. The van der Waals surface area contributed by atoms with Crippen LogP contribution in [0.15, 0.2) is 0 Å². The summed E-state index contributed by atoms with van der Waals surface area (Å²) in [7, 11) is 0. The van der Waals surface area contributed by atoms with Gasteiger partial charge >= 0.3 is 83.6 Å². The van der Waals surface area contributed by atoms with E-state index in [1.807, 2.05) is 0 Å². The molecule has 1 rings (SSSR count). The molecule has 1 aliphatic rings. The second-order valence-corrected chi connectivity index (χ2v) is 3.83. The van der Waals surface area contributed by atoms with Crippen molar-refractivity contribution in [1.82, 2.24) is 4.90 Å². The molecule has 0 saturated heterocycles. The van der Waals surface area contributed by atoms with E-state index in [0.29, 0.717) is 0 Å². The summed E-state index contributed by atoms with van der Waals surface area (Å²) in [4.78, 5) is 23.3. The Bertz CT molecular complexity index is 249. The standard InChI is InChI=1S/C10H17NO3.5FH.K.Zr/c1-8(12)11(7-10(13)14)9-5-3-2-4-6-9;;;;;;;/h9H,2-7H2,1H3,(H,13,14);5*1H;;/q;;;;;;+1;+4/p-5. The smallest absolute Gasteiger partial charge is 1.00 e. The normalized spacial score (nSPS) is 11.9. The van der Waals surface area contributed by atoms with E-state index in [1.165, 1.54) is 18.2 Å². The molecule has 11 heteroatoms. The summed E-state index contributed by atoms with van der Waals surface area (Å²) in [5.41, 5.74) is 0. The SMILES string of the molecule is CC(=O)N(CC(=O)O)C1CCCCC1.[F-].[F-].[F-].[F-].[F-].[K+].[Zr+4]. The molecule has 0 aliphatic heterocycles. The monoisotopic (exact) mass is 423 g/mol. The summed E-state index contributed by atoms with van der Waals surface area (Å²) in [6.45, 7) is 1.29. The first-order chi connectivity index (χ1) is 6.61. The molecule has 1 N–H and O–H groups in total. The summed E-state index contributed by atoms with van der Waals surface area (Å²) in [6, 6.07) is 0.150. The summed E-state index contributed by atoms with van der Waals surface area (Å²) >= 11 is 0. The molecule has 0 bridgehead atoms. The van der Waals surface area contributed by atoms with E-state index in [0.717, 1.165) is 25.7 Å². The van der Waals surface area contributed by atoms with E-state index < -0.39 is 5.97 Å². The van der Waals surface area contributed by atoms with E-state index in [2.05, 4.69) is 0 Å². The number of halogens is 5. The van der Waals surface area contributed by atoms with Gasteiger partial charge in [0.1, 0.15) is 6.54 Å². The van der Waals surface area contributed by atoms with E-state index in [4.69, 9.17) is 5.11 Å². The van der Waals surface area contributed by atoms with Crippen LogP contribution >= 0.6 is 0 Å². The third kappa shape index (κ3) is 17.3. The number of nitrogens with zero attached hydrogens (tertiary/aromatic N) is 1. The minimum Gasteiger partial charge on any atom is -1.00 e. The molecule has 120 valence electrons. The largest absolute Gasteiger partial charge is 4.00 e.